The first-order valence-electron chi connectivity index (χ1n) is 5.23. The zero-order valence-electron chi connectivity index (χ0n) is 8.76. The topological polar surface area (TPSA) is 120 Å². The van der Waals surface area contributed by atoms with Crippen molar-refractivity contribution in [2.24, 2.45) is 10.7 Å². The molecule has 5 atom stereocenters. The third-order valence-corrected chi connectivity index (χ3v) is 3.10. The fourth-order valence-corrected chi connectivity index (χ4v) is 2.30. The van der Waals surface area contributed by atoms with E-state index in [2.05, 4.69) is 4.99 Å². The van der Waals surface area contributed by atoms with Crippen LogP contribution < -0.4 is 5.73 Å². The summed E-state index contributed by atoms with van der Waals surface area (Å²) in [5, 5.41) is 30.5. The molecule has 0 aliphatic carbocycles. The van der Waals surface area contributed by atoms with Gasteiger partial charge in [0.1, 0.15) is 24.1 Å². The van der Waals surface area contributed by atoms with E-state index in [1.165, 1.54) is 11.0 Å². The molecule has 3 rings (SSSR count). The average molecular weight is 242 g/mol. The Morgan fingerprint density at radius 1 is 1.53 bits per heavy atom. The van der Waals surface area contributed by atoms with Gasteiger partial charge in [0.25, 0.3) is 0 Å². The van der Waals surface area contributed by atoms with Crippen LogP contribution in [0.25, 0.3) is 0 Å². The van der Waals surface area contributed by atoms with E-state index in [9.17, 15) is 10.2 Å². The molecule has 0 bridgehead atoms. The first-order valence-corrected chi connectivity index (χ1v) is 5.23. The van der Waals surface area contributed by atoms with Crippen molar-refractivity contribution in [1.29, 1.82) is 0 Å². The molecule has 0 aromatic rings. The second kappa shape index (κ2) is 3.57. The highest BCUT2D eigenvalue weighted by atomic mass is 16.6. The summed E-state index contributed by atoms with van der Waals surface area (Å²) in [7, 11) is 0. The standard InChI is InChI=1S/C9H12N3O5/c10-4-1-5-12(9(15)11-4)8-7(17-5)6(14)3(2-13)16-8/h1,3,5-8,13-14H,2,10H2/t3-,5?,6-,7-,8-/m1/s1. The van der Waals surface area contributed by atoms with E-state index >= 15 is 0 Å². The number of hydrogen-bond acceptors (Lipinski definition) is 7. The lowest BCUT2D eigenvalue weighted by atomic mass is 10.1. The predicted molar refractivity (Wildman–Crippen MR) is 52.6 cm³/mol. The Hall–Kier alpha value is -1.35. The van der Waals surface area contributed by atoms with Crippen LogP contribution in [-0.2, 0) is 14.6 Å². The Labute approximate surface area is 96.6 Å². The van der Waals surface area contributed by atoms with Crippen molar-refractivity contribution in [3.63, 3.8) is 0 Å². The van der Waals surface area contributed by atoms with Gasteiger partial charge in [0, 0.05) is 6.08 Å². The van der Waals surface area contributed by atoms with Crippen molar-refractivity contribution in [3.8, 4) is 0 Å². The van der Waals surface area contributed by atoms with Crippen LogP contribution in [0.3, 0.4) is 0 Å². The molecular formula is C9H12N3O5. The van der Waals surface area contributed by atoms with Gasteiger partial charge < -0.3 is 25.4 Å². The Kier molecular flexibility index (Phi) is 2.26. The number of nitrogens with zero attached hydrogens (tertiary/aromatic N) is 2. The van der Waals surface area contributed by atoms with Crippen LogP contribution in [0.1, 0.15) is 0 Å². The molecular weight excluding hydrogens is 230 g/mol. The zero-order chi connectivity index (χ0) is 12.2. The van der Waals surface area contributed by atoms with E-state index < -0.39 is 36.8 Å². The second-order valence-electron chi connectivity index (χ2n) is 4.12. The number of fused-ring (bicyclic) bond motifs is 3. The van der Waals surface area contributed by atoms with Crippen LogP contribution in [-0.4, -0.2) is 58.5 Å². The van der Waals surface area contributed by atoms with Gasteiger partial charge in [0.15, 0.2) is 12.5 Å². The number of amidine groups is 1. The number of aliphatic hydroxyl groups is 2. The molecule has 1 radical (unpaired) electrons. The molecule has 8 nitrogen and oxygen atoms in total. The quantitative estimate of drug-likeness (QED) is 0.475. The Balaban J connectivity index is 1.88. The van der Waals surface area contributed by atoms with Gasteiger partial charge in [-0.15, -0.1) is 0 Å². The number of rotatable bonds is 1. The minimum absolute atomic E-state index is 0.0874. The van der Waals surface area contributed by atoms with Gasteiger partial charge in [0.05, 0.1) is 6.61 Å². The van der Waals surface area contributed by atoms with Crippen molar-refractivity contribution < 1.29 is 24.8 Å². The summed E-state index contributed by atoms with van der Waals surface area (Å²) >= 11 is 0. The Morgan fingerprint density at radius 2 is 2.29 bits per heavy atom. The number of hydrogen-bond donors (Lipinski definition) is 3. The van der Waals surface area contributed by atoms with Crippen molar-refractivity contribution in [3.05, 3.63) is 11.9 Å². The summed E-state index contributed by atoms with van der Waals surface area (Å²) in [4.78, 5) is 4.85. The van der Waals surface area contributed by atoms with Crippen LogP contribution in [0, 0.1) is 0 Å². The maximum Gasteiger partial charge on any atom is 0.349 e. The van der Waals surface area contributed by atoms with Crippen molar-refractivity contribution >= 4 is 6.02 Å². The van der Waals surface area contributed by atoms with Crippen LogP contribution in [0.5, 0.6) is 0 Å². The molecule has 2 saturated heterocycles. The van der Waals surface area contributed by atoms with Crippen molar-refractivity contribution in [1.82, 2.24) is 4.90 Å². The van der Waals surface area contributed by atoms with Crippen LogP contribution in [0.15, 0.2) is 16.9 Å². The zero-order valence-corrected chi connectivity index (χ0v) is 8.76. The Bertz CT molecular complexity index is 398. The molecule has 0 spiro atoms. The number of ether oxygens (including phenoxy) is 2. The maximum absolute atomic E-state index is 11.7. The van der Waals surface area contributed by atoms with E-state index in [-0.39, 0.29) is 12.4 Å². The van der Waals surface area contributed by atoms with Gasteiger partial charge in [-0.3, -0.25) is 4.90 Å². The fraction of sp³-hybridized carbons (Fsp3) is 0.667. The molecule has 0 amide bonds. The summed E-state index contributed by atoms with van der Waals surface area (Å²) in [6.07, 6.45) is -2.32. The highest BCUT2D eigenvalue weighted by molar-refractivity contribution is 5.74. The summed E-state index contributed by atoms with van der Waals surface area (Å²) in [6.45, 7) is -0.334. The first kappa shape index (κ1) is 10.8. The predicted octanol–water partition coefficient (Wildman–Crippen LogP) is -2.31. The number of nitrogens with two attached hydrogens (primary N) is 1. The molecule has 93 valence electrons. The smallest absolute Gasteiger partial charge is 0.349 e. The molecule has 17 heavy (non-hydrogen) atoms. The van der Waals surface area contributed by atoms with E-state index in [0.29, 0.717) is 0 Å². The number of aliphatic imine (C=N–C) groups is 1. The SMILES string of the molecule is NC1=CC2O[C@@H]3[C@H](O)[C@@H](CO)O[C@H]3N2C([O])=N1. The van der Waals surface area contributed by atoms with E-state index in [0.717, 1.165) is 0 Å². The van der Waals surface area contributed by atoms with Gasteiger partial charge in [0.2, 0.25) is 0 Å². The summed E-state index contributed by atoms with van der Waals surface area (Å²) in [5.41, 5.74) is 5.44. The van der Waals surface area contributed by atoms with Gasteiger partial charge in [-0.05, 0) is 0 Å². The second-order valence-corrected chi connectivity index (χ2v) is 4.12. The van der Waals surface area contributed by atoms with Crippen LogP contribution in [0.4, 0.5) is 0 Å². The molecule has 0 saturated carbocycles. The maximum atomic E-state index is 11.7. The molecule has 3 aliphatic heterocycles. The fourth-order valence-electron chi connectivity index (χ4n) is 2.30. The normalized spacial score (nSPS) is 44.1. The molecule has 8 heteroatoms. The van der Waals surface area contributed by atoms with E-state index in [1.54, 1.807) is 0 Å². The molecule has 3 aliphatic rings. The third-order valence-electron chi connectivity index (χ3n) is 3.10. The van der Waals surface area contributed by atoms with Crippen LogP contribution >= 0.6 is 0 Å². The van der Waals surface area contributed by atoms with E-state index in [4.69, 9.17) is 20.3 Å². The highest BCUT2D eigenvalue weighted by Crippen LogP contribution is 2.36. The molecule has 3 heterocycles. The van der Waals surface area contributed by atoms with Crippen LogP contribution in [0.2, 0.25) is 0 Å². The summed E-state index contributed by atoms with van der Waals surface area (Å²) in [6, 6.07) is -0.562. The average Bonchev–Trinajstić information content (AvgIpc) is 2.75. The minimum Gasteiger partial charge on any atom is -0.394 e. The summed E-state index contributed by atoms with van der Waals surface area (Å²) < 4.78 is 10.8. The molecule has 2 fully saturated rings. The molecule has 0 aromatic heterocycles. The monoisotopic (exact) mass is 242 g/mol. The largest absolute Gasteiger partial charge is 0.394 e. The lowest BCUT2D eigenvalue weighted by Gasteiger charge is -2.27. The van der Waals surface area contributed by atoms with Gasteiger partial charge in [-0.25, -0.2) is 5.11 Å². The third kappa shape index (κ3) is 1.42. The Morgan fingerprint density at radius 3 is 3.00 bits per heavy atom. The lowest BCUT2D eigenvalue weighted by Crippen LogP contribution is -2.44. The van der Waals surface area contributed by atoms with Crippen molar-refractivity contribution in [2.45, 2.75) is 30.8 Å². The minimum atomic E-state index is -0.974. The van der Waals surface area contributed by atoms with E-state index in [1.807, 2.05) is 0 Å². The van der Waals surface area contributed by atoms with Gasteiger partial charge in [-0.1, -0.05) is 0 Å². The van der Waals surface area contributed by atoms with Gasteiger partial charge >= 0.3 is 6.02 Å². The number of aliphatic hydroxyl groups excluding tert-OH is 2. The molecule has 0 aromatic carbocycles. The molecule has 4 N–H and O–H groups in total. The highest BCUT2D eigenvalue weighted by Gasteiger charge is 2.56. The van der Waals surface area contributed by atoms with Crippen molar-refractivity contribution in [2.75, 3.05) is 6.61 Å². The summed E-state index contributed by atoms with van der Waals surface area (Å²) in [5.74, 6) is 0.0874. The first-order chi connectivity index (χ1) is 8.11. The lowest BCUT2D eigenvalue weighted by molar-refractivity contribution is -0.0819. The van der Waals surface area contributed by atoms with Gasteiger partial charge in [-0.2, -0.15) is 4.99 Å². The molecule has 1 unspecified atom stereocenters.